The number of methoxy groups -OCH3 is 1. The van der Waals surface area contributed by atoms with E-state index in [-0.39, 0.29) is 11.7 Å². The van der Waals surface area contributed by atoms with E-state index in [0.717, 1.165) is 28.4 Å². The Labute approximate surface area is 207 Å². The summed E-state index contributed by atoms with van der Waals surface area (Å²) in [5, 5.41) is 14.4. The second-order valence-corrected chi connectivity index (χ2v) is 9.21. The first-order valence-corrected chi connectivity index (χ1v) is 12.8. The molecule has 9 heteroatoms. The molecule has 0 saturated carbocycles. The van der Waals surface area contributed by atoms with E-state index in [2.05, 4.69) is 15.5 Å². The van der Waals surface area contributed by atoms with Crippen molar-refractivity contribution in [2.24, 2.45) is 0 Å². The molecular formula is C25H26N4O3S2. The van der Waals surface area contributed by atoms with E-state index in [0.29, 0.717) is 30.7 Å². The number of aromatic nitrogens is 3. The van der Waals surface area contributed by atoms with Crippen molar-refractivity contribution < 1.29 is 14.3 Å². The summed E-state index contributed by atoms with van der Waals surface area (Å²) in [7, 11) is 1.64. The van der Waals surface area contributed by atoms with E-state index in [9.17, 15) is 4.79 Å². The number of carbonyl (C=O) groups excluding carboxylic acids is 1. The zero-order valence-corrected chi connectivity index (χ0v) is 20.5. The number of hydrogen-bond donors (Lipinski definition) is 1. The number of para-hydroxylation sites is 2. The third-order valence-electron chi connectivity index (χ3n) is 4.93. The minimum atomic E-state index is -0.0553. The molecule has 0 bridgehead atoms. The lowest BCUT2D eigenvalue weighted by atomic mass is 10.2. The first-order chi connectivity index (χ1) is 16.8. The number of ether oxygens (including phenoxy) is 2. The maximum atomic E-state index is 12.4. The van der Waals surface area contributed by atoms with Gasteiger partial charge >= 0.3 is 0 Å². The summed E-state index contributed by atoms with van der Waals surface area (Å²) in [6.45, 7) is 1.73. The first kappa shape index (κ1) is 24.0. The van der Waals surface area contributed by atoms with Crippen LogP contribution in [-0.4, -0.2) is 46.7 Å². The van der Waals surface area contributed by atoms with Gasteiger partial charge in [0.2, 0.25) is 5.91 Å². The fourth-order valence-corrected chi connectivity index (χ4v) is 4.78. The summed E-state index contributed by atoms with van der Waals surface area (Å²) < 4.78 is 13.2. The molecule has 0 radical (unpaired) electrons. The van der Waals surface area contributed by atoms with Crippen LogP contribution in [0.1, 0.15) is 12.0 Å². The number of thiophene rings is 1. The molecule has 0 aliphatic heterocycles. The van der Waals surface area contributed by atoms with E-state index < -0.39 is 0 Å². The topological polar surface area (TPSA) is 78.3 Å². The number of benzene rings is 2. The summed E-state index contributed by atoms with van der Waals surface area (Å²) in [5.74, 6) is 1.61. The Kier molecular flexibility index (Phi) is 8.72. The molecule has 0 fully saturated rings. The van der Waals surface area contributed by atoms with Crippen molar-refractivity contribution in [2.75, 3.05) is 26.0 Å². The van der Waals surface area contributed by atoms with Crippen molar-refractivity contribution in [3.05, 3.63) is 77.7 Å². The highest BCUT2D eigenvalue weighted by Gasteiger charge is 2.20. The van der Waals surface area contributed by atoms with Gasteiger partial charge in [-0.1, -0.05) is 60.3 Å². The number of amides is 1. The molecule has 2 heterocycles. The van der Waals surface area contributed by atoms with Crippen LogP contribution >= 0.6 is 23.1 Å². The molecule has 0 atom stereocenters. The lowest BCUT2D eigenvalue weighted by Crippen LogP contribution is -2.27. The summed E-state index contributed by atoms with van der Waals surface area (Å²) in [4.78, 5) is 13.4. The summed E-state index contributed by atoms with van der Waals surface area (Å²) in [6.07, 6.45) is 0.753. The van der Waals surface area contributed by atoms with Crippen LogP contribution in [0.2, 0.25) is 0 Å². The van der Waals surface area contributed by atoms with Gasteiger partial charge in [-0.2, -0.15) is 0 Å². The van der Waals surface area contributed by atoms with Gasteiger partial charge in [0.25, 0.3) is 0 Å². The Hall–Kier alpha value is -3.14. The zero-order valence-electron chi connectivity index (χ0n) is 18.8. The molecule has 2 aromatic heterocycles. The quantitative estimate of drug-likeness (QED) is 0.225. The molecule has 1 N–H and O–H groups in total. The molecule has 7 nitrogen and oxygen atoms in total. The Bertz CT molecular complexity index is 1180. The molecule has 4 aromatic rings. The number of hydrogen-bond acceptors (Lipinski definition) is 7. The van der Waals surface area contributed by atoms with E-state index in [1.807, 2.05) is 76.7 Å². The molecule has 0 saturated heterocycles. The fourth-order valence-electron chi connectivity index (χ4n) is 3.31. The highest BCUT2D eigenvalue weighted by molar-refractivity contribution is 7.99. The number of nitrogens with zero attached hydrogens (tertiary/aromatic N) is 3. The average molecular weight is 495 g/mol. The second kappa shape index (κ2) is 12.4. The van der Waals surface area contributed by atoms with E-state index in [4.69, 9.17) is 9.47 Å². The van der Waals surface area contributed by atoms with Crippen molar-refractivity contribution in [1.82, 2.24) is 20.1 Å². The monoisotopic (exact) mass is 494 g/mol. The van der Waals surface area contributed by atoms with Crippen molar-refractivity contribution in [3.8, 4) is 22.1 Å². The molecule has 2 aromatic carbocycles. The number of rotatable bonds is 12. The number of carbonyl (C=O) groups is 1. The van der Waals surface area contributed by atoms with E-state index in [1.165, 1.54) is 11.8 Å². The van der Waals surface area contributed by atoms with Gasteiger partial charge in [-0.25, -0.2) is 0 Å². The molecule has 176 valence electrons. The summed E-state index contributed by atoms with van der Waals surface area (Å²) >= 11 is 2.94. The minimum absolute atomic E-state index is 0.0553. The number of thioether (sulfide) groups is 1. The van der Waals surface area contributed by atoms with Crippen molar-refractivity contribution in [2.45, 2.75) is 18.2 Å². The minimum Gasteiger partial charge on any atom is -0.495 e. The predicted molar refractivity (Wildman–Crippen MR) is 136 cm³/mol. The van der Waals surface area contributed by atoms with Crippen molar-refractivity contribution >= 4 is 29.0 Å². The maximum absolute atomic E-state index is 12.4. The van der Waals surface area contributed by atoms with Crippen LogP contribution in [0.15, 0.2) is 77.3 Å². The van der Waals surface area contributed by atoms with Crippen LogP contribution in [0, 0.1) is 0 Å². The smallest absolute Gasteiger partial charge is 0.230 e. The number of nitrogens with one attached hydrogen (secondary N) is 1. The SMILES string of the molecule is COc1ccccc1-n1c(SCC(=O)NCCCOCc2ccccc2)nnc1-c1cccs1. The van der Waals surface area contributed by atoms with Gasteiger partial charge < -0.3 is 14.8 Å². The molecule has 0 spiro atoms. The lowest BCUT2D eigenvalue weighted by Gasteiger charge is -2.13. The average Bonchev–Trinajstić information content (AvgIpc) is 3.55. The molecule has 0 aliphatic rings. The molecular weight excluding hydrogens is 468 g/mol. The standard InChI is InChI=1S/C25H26N4O3S2/c1-31-21-12-6-5-11-20(21)29-24(22-13-7-16-33-22)27-28-25(29)34-18-23(30)26-14-8-15-32-17-19-9-3-2-4-10-19/h2-7,9-13,16H,8,14-15,17-18H2,1H3,(H,26,30). The largest absolute Gasteiger partial charge is 0.495 e. The van der Waals surface area contributed by atoms with Gasteiger partial charge in [-0.3, -0.25) is 9.36 Å². The highest BCUT2D eigenvalue weighted by atomic mass is 32.2. The Balaban J connectivity index is 1.32. The lowest BCUT2D eigenvalue weighted by molar-refractivity contribution is -0.118. The molecule has 4 rings (SSSR count). The van der Waals surface area contributed by atoms with Gasteiger partial charge in [-0.15, -0.1) is 21.5 Å². The predicted octanol–water partition coefficient (Wildman–Crippen LogP) is 4.82. The summed E-state index contributed by atoms with van der Waals surface area (Å²) in [5.41, 5.74) is 1.97. The van der Waals surface area contributed by atoms with Crippen LogP contribution in [0.5, 0.6) is 5.75 Å². The highest BCUT2D eigenvalue weighted by Crippen LogP contribution is 2.33. The van der Waals surface area contributed by atoms with Crippen molar-refractivity contribution in [1.29, 1.82) is 0 Å². The van der Waals surface area contributed by atoms with Crippen LogP contribution in [-0.2, 0) is 16.1 Å². The van der Waals surface area contributed by atoms with Gasteiger partial charge in [-0.05, 0) is 35.6 Å². The molecule has 34 heavy (non-hydrogen) atoms. The van der Waals surface area contributed by atoms with Gasteiger partial charge in [0, 0.05) is 13.2 Å². The first-order valence-electron chi connectivity index (χ1n) is 10.9. The van der Waals surface area contributed by atoms with Gasteiger partial charge in [0.1, 0.15) is 5.75 Å². The van der Waals surface area contributed by atoms with E-state index >= 15 is 0 Å². The van der Waals surface area contributed by atoms with Crippen LogP contribution in [0.4, 0.5) is 0 Å². The Morgan fingerprint density at radius 1 is 1.06 bits per heavy atom. The Morgan fingerprint density at radius 3 is 2.68 bits per heavy atom. The van der Waals surface area contributed by atoms with E-state index in [1.54, 1.807) is 18.4 Å². The third kappa shape index (κ3) is 6.25. The van der Waals surface area contributed by atoms with Crippen LogP contribution in [0.3, 0.4) is 0 Å². The maximum Gasteiger partial charge on any atom is 0.230 e. The van der Waals surface area contributed by atoms with Crippen molar-refractivity contribution in [3.63, 3.8) is 0 Å². The van der Waals surface area contributed by atoms with Crippen LogP contribution in [0.25, 0.3) is 16.4 Å². The molecule has 0 unspecified atom stereocenters. The summed E-state index contributed by atoms with van der Waals surface area (Å²) in [6, 6.07) is 21.7. The zero-order chi connectivity index (χ0) is 23.6. The normalized spacial score (nSPS) is 10.9. The Morgan fingerprint density at radius 2 is 1.88 bits per heavy atom. The molecule has 1 amide bonds. The molecule has 0 aliphatic carbocycles. The van der Waals surface area contributed by atoms with Crippen LogP contribution < -0.4 is 10.1 Å². The van der Waals surface area contributed by atoms with Gasteiger partial charge in [0.15, 0.2) is 11.0 Å². The second-order valence-electron chi connectivity index (χ2n) is 7.32. The fraction of sp³-hybridized carbons (Fsp3) is 0.240. The third-order valence-corrected chi connectivity index (χ3v) is 6.73. The van der Waals surface area contributed by atoms with Gasteiger partial charge in [0.05, 0.1) is 30.0 Å².